The summed E-state index contributed by atoms with van der Waals surface area (Å²) in [5, 5.41) is 13.4. The van der Waals surface area contributed by atoms with Crippen molar-refractivity contribution >= 4 is 39.1 Å². The zero-order chi connectivity index (χ0) is 17.0. The van der Waals surface area contributed by atoms with Crippen molar-refractivity contribution in [1.29, 1.82) is 0 Å². The van der Waals surface area contributed by atoms with Crippen LogP contribution in [0.3, 0.4) is 0 Å². The number of aromatic carboxylic acids is 1. The topological polar surface area (TPSA) is 88.5 Å². The van der Waals surface area contributed by atoms with Crippen LogP contribution < -0.4 is 10.1 Å². The Kier molecular flexibility index (Phi) is 5.73. The van der Waals surface area contributed by atoms with E-state index >= 15 is 0 Å². The van der Waals surface area contributed by atoms with Crippen LogP contribution in [-0.4, -0.2) is 28.1 Å². The molecule has 6 nitrogen and oxygen atoms in total. The monoisotopic (exact) mass is 398 g/mol. The quantitative estimate of drug-likeness (QED) is 0.780. The van der Waals surface area contributed by atoms with E-state index < -0.39 is 12.1 Å². The first kappa shape index (κ1) is 17.4. The highest BCUT2D eigenvalue weighted by molar-refractivity contribution is 9.10. The fourth-order valence-corrected chi connectivity index (χ4v) is 3.04. The van der Waals surface area contributed by atoms with Crippen molar-refractivity contribution in [2.45, 2.75) is 26.5 Å². The van der Waals surface area contributed by atoms with Crippen molar-refractivity contribution < 1.29 is 19.4 Å². The maximum absolute atomic E-state index is 12.0. The molecule has 122 valence electrons. The SMILES string of the molecule is Cc1ccc(OC(C)C(=O)NCc2nc(C(=O)O)cs2)c(Br)c1. The highest BCUT2D eigenvalue weighted by Gasteiger charge is 2.17. The Morgan fingerprint density at radius 1 is 1.48 bits per heavy atom. The lowest BCUT2D eigenvalue weighted by Crippen LogP contribution is -2.36. The summed E-state index contributed by atoms with van der Waals surface area (Å²) in [5.41, 5.74) is 1.06. The second-order valence-electron chi connectivity index (χ2n) is 4.84. The number of nitrogens with one attached hydrogen (secondary N) is 1. The number of aromatic nitrogens is 1. The van der Waals surface area contributed by atoms with E-state index in [0.717, 1.165) is 10.0 Å². The Morgan fingerprint density at radius 3 is 2.83 bits per heavy atom. The Labute approximate surface area is 145 Å². The molecule has 2 rings (SSSR count). The fourth-order valence-electron chi connectivity index (χ4n) is 1.74. The van der Waals surface area contributed by atoms with E-state index in [1.54, 1.807) is 13.0 Å². The number of carbonyl (C=O) groups is 2. The molecule has 0 bridgehead atoms. The third-order valence-corrected chi connectivity index (χ3v) is 4.41. The van der Waals surface area contributed by atoms with Gasteiger partial charge < -0.3 is 15.2 Å². The normalized spacial score (nSPS) is 11.8. The molecule has 0 saturated heterocycles. The van der Waals surface area contributed by atoms with Crippen LogP contribution in [0.25, 0.3) is 0 Å². The van der Waals surface area contributed by atoms with Gasteiger partial charge in [-0.1, -0.05) is 6.07 Å². The maximum atomic E-state index is 12.0. The largest absolute Gasteiger partial charge is 0.480 e. The number of amides is 1. The third kappa shape index (κ3) is 4.77. The lowest BCUT2D eigenvalue weighted by Gasteiger charge is -2.15. The number of carbonyl (C=O) groups excluding carboxylic acids is 1. The number of hydrogen-bond donors (Lipinski definition) is 2. The Balaban J connectivity index is 1.90. The van der Waals surface area contributed by atoms with Gasteiger partial charge in [0.1, 0.15) is 10.8 Å². The molecule has 0 aliphatic rings. The number of hydrogen-bond acceptors (Lipinski definition) is 5. The van der Waals surface area contributed by atoms with Gasteiger partial charge in [0.2, 0.25) is 0 Å². The number of halogens is 1. The fraction of sp³-hybridized carbons (Fsp3) is 0.267. The molecule has 1 heterocycles. The molecule has 23 heavy (non-hydrogen) atoms. The number of rotatable bonds is 6. The first-order chi connectivity index (χ1) is 10.9. The molecule has 2 N–H and O–H groups in total. The highest BCUT2D eigenvalue weighted by Crippen LogP contribution is 2.26. The minimum absolute atomic E-state index is 0.0212. The highest BCUT2D eigenvalue weighted by atomic mass is 79.9. The lowest BCUT2D eigenvalue weighted by atomic mass is 10.2. The van der Waals surface area contributed by atoms with Crippen molar-refractivity contribution in [2.75, 3.05) is 0 Å². The Hall–Kier alpha value is -1.93. The molecule has 1 aromatic carbocycles. The van der Waals surface area contributed by atoms with Crippen LogP contribution >= 0.6 is 27.3 Å². The Morgan fingerprint density at radius 2 is 2.22 bits per heavy atom. The summed E-state index contributed by atoms with van der Waals surface area (Å²) in [7, 11) is 0. The van der Waals surface area contributed by atoms with Gasteiger partial charge in [0.15, 0.2) is 11.8 Å². The van der Waals surface area contributed by atoms with Crippen LogP contribution in [0.4, 0.5) is 0 Å². The van der Waals surface area contributed by atoms with Crippen molar-refractivity contribution in [3.05, 3.63) is 44.3 Å². The van der Waals surface area contributed by atoms with E-state index in [2.05, 4.69) is 26.2 Å². The van der Waals surface area contributed by atoms with Crippen LogP contribution in [0.15, 0.2) is 28.1 Å². The number of benzene rings is 1. The maximum Gasteiger partial charge on any atom is 0.355 e. The smallest absolute Gasteiger partial charge is 0.355 e. The second kappa shape index (κ2) is 7.56. The van der Waals surface area contributed by atoms with Crippen LogP contribution in [0, 0.1) is 6.92 Å². The predicted molar refractivity (Wildman–Crippen MR) is 89.9 cm³/mol. The van der Waals surface area contributed by atoms with Gasteiger partial charge in [-0.3, -0.25) is 4.79 Å². The zero-order valence-corrected chi connectivity index (χ0v) is 14.9. The average molecular weight is 399 g/mol. The van der Waals surface area contributed by atoms with E-state index in [9.17, 15) is 9.59 Å². The summed E-state index contributed by atoms with van der Waals surface area (Å²) in [4.78, 5) is 26.7. The molecule has 0 fully saturated rings. The second-order valence-corrected chi connectivity index (χ2v) is 6.64. The number of carboxylic acid groups (broad SMARTS) is 1. The van der Waals surface area contributed by atoms with Gasteiger partial charge >= 0.3 is 5.97 Å². The molecule has 0 aliphatic carbocycles. The first-order valence-corrected chi connectivity index (χ1v) is 8.42. The van der Waals surface area contributed by atoms with E-state index in [-0.39, 0.29) is 18.1 Å². The Bertz CT molecular complexity index is 732. The van der Waals surface area contributed by atoms with E-state index in [1.807, 2.05) is 19.1 Å². The van der Waals surface area contributed by atoms with Gasteiger partial charge in [-0.05, 0) is 47.5 Å². The summed E-state index contributed by atoms with van der Waals surface area (Å²) in [6, 6.07) is 5.60. The van der Waals surface area contributed by atoms with Gasteiger partial charge in [0.25, 0.3) is 5.91 Å². The van der Waals surface area contributed by atoms with E-state index in [1.165, 1.54) is 16.7 Å². The molecule has 1 aromatic heterocycles. The summed E-state index contributed by atoms with van der Waals surface area (Å²) in [5.74, 6) is -0.801. The van der Waals surface area contributed by atoms with Crippen LogP contribution in [0.1, 0.15) is 28.0 Å². The average Bonchev–Trinajstić information content (AvgIpc) is 2.96. The molecule has 1 atom stereocenters. The molecule has 0 saturated carbocycles. The van der Waals surface area contributed by atoms with Crippen LogP contribution in [0.5, 0.6) is 5.75 Å². The number of ether oxygens (including phenoxy) is 1. The molecular weight excluding hydrogens is 384 g/mol. The molecule has 0 spiro atoms. The van der Waals surface area contributed by atoms with Gasteiger partial charge in [0.05, 0.1) is 11.0 Å². The van der Waals surface area contributed by atoms with Gasteiger partial charge in [-0.2, -0.15) is 0 Å². The van der Waals surface area contributed by atoms with Crippen molar-refractivity contribution in [1.82, 2.24) is 10.3 Å². The van der Waals surface area contributed by atoms with Gasteiger partial charge in [-0.15, -0.1) is 11.3 Å². The van der Waals surface area contributed by atoms with Gasteiger partial charge in [0, 0.05) is 5.38 Å². The van der Waals surface area contributed by atoms with Crippen molar-refractivity contribution in [2.24, 2.45) is 0 Å². The van der Waals surface area contributed by atoms with E-state index in [0.29, 0.717) is 10.8 Å². The van der Waals surface area contributed by atoms with Crippen molar-refractivity contribution in [3.63, 3.8) is 0 Å². The standard InChI is InChI=1S/C15H15BrN2O4S/c1-8-3-4-12(10(16)5-8)22-9(2)14(19)17-6-13-18-11(7-23-13)15(20)21/h3-5,7,9H,6H2,1-2H3,(H,17,19)(H,20,21). The number of nitrogens with zero attached hydrogens (tertiary/aromatic N) is 1. The summed E-state index contributed by atoms with van der Waals surface area (Å²) >= 11 is 4.58. The summed E-state index contributed by atoms with van der Waals surface area (Å²) in [6.07, 6.45) is -0.687. The molecule has 1 amide bonds. The molecule has 0 aliphatic heterocycles. The molecule has 1 unspecified atom stereocenters. The number of aryl methyl sites for hydroxylation is 1. The molecule has 2 aromatic rings. The lowest BCUT2D eigenvalue weighted by molar-refractivity contribution is -0.127. The first-order valence-electron chi connectivity index (χ1n) is 6.75. The summed E-state index contributed by atoms with van der Waals surface area (Å²) in [6.45, 7) is 3.77. The molecular formula is C15H15BrN2O4S. The molecule has 0 radical (unpaired) electrons. The van der Waals surface area contributed by atoms with E-state index in [4.69, 9.17) is 9.84 Å². The van der Waals surface area contributed by atoms with Crippen LogP contribution in [-0.2, 0) is 11.3 Å². The zero-order valence-electron chi connectivity index (χ0n) is 12.5. The predicted octanol–water partition coefficient (Wildman–Crippen LogP) is 3.00. The van der Waals surface area contributed by atoms with Gasteiger partial charge in [-0.25, -0.2) is 9.78 Å². The third-order valence-electron chi connectivity index (χ3n) is 2.95. The molecule has 8 heteroatoms. The number of thiazole rings is 1. The minimum atomic E-state index is -1.08. The van der Waals surface area contributed by atoms with Crippen molar-refractivity contribution in [3.8, 4) is 5.75 Å². The minimum Gasteiger partial charge on any atom is -0.480 e. The van der Waals surface area contributed by atoms with Crippen LogP contribution in [0.2, 0.25) is 0 Å². The summed E-state index contributed by atoms with van der Waals surface area (Å²) < 4.78 is 6.40. The number of carboxylic acids is 1.